The number of anilines is 1. The number of phenols is 1. The van der Waals surface area contributed by atoms with Gasteiger partial charge < -0.3 is 10.8 Å². The molecule has 0 bridgehead atoms. The van der Waals surface area contributed by atoms with Crippen LogP contribution < -0.4 is 5.73 Å². The molecule has 3 rings (SSSR count). The molecule has 0 fully saturated rings. The Labute approximate surface area is 84.5 Å². The quantitative estimate of drug-likeness (QED) is 0.511. The van der Waals surface area contributed by atoms with E-state index < -0.39 is 0 Å². The third kappa shape index (κ3) is 1.10. The van der Waals surface area contributed by atoms with E-state index in [0.717, 1.165) is 10.8 Å². The average Bonchev–Trinajstić information content (AvgIpc) is 2.57. The number of nitrogens with one attached hydrogen (secondary N) is 1. The smallest absolute Gasteiger partial charge is 0.158 e. The number of fused-ring (bicyclic) bond motifs is 2. The third-order valence-electron chi connectivity index (χ3n) is 2.36. The van der Waals surface area contributed by atoms with Gasteiger partial charge in [-0.25, -0.2) is 4.98 Å². The molecule has 1 aromatic carbocycles. The summed E-state index contributed by atoms with van der Waals surface area (Å²) in [5, 5.41) is 17.6. The zero-order chi connectivity index (χ0) is 10.4. The van der Waals surface area contributed by atoms with Crippen LogP contribution in [0.3, 0.4) is 0 Å². The molecule has 74 valence electrons. The zero-order valence-corrected chi connectivity index (χ0v) is 7.73. The molecule has 0 saturated heterocycles. The minimum Gasteiger partial charge on any atom is -0.508 e. The molecule has 0 spiro atoms. The van der Waals surface area contributed by atoms with Crippen LogP contribution >= 0.6 is 0 Å². The second kappa shape index (κ2) is 2.60. The highest BCUT2D eigenvalue weighted by Crippen LogP contribution is 2.24. The summed E-state index contributed by atoms with van der Waals surface area (Å²) < 4.78 is 0. The van der Waals surface area contributed by atoms with Crippen LogP contribution in [0.15, 0.2) is 24.3 Å². The van der Waals surface area contributed by atoms with Gasteiger partial charge in [0.2, 0.25) is 0 Å². The number of benzene rings is 1. The van der Waals surface area contributed by atoms with Crippen molar-refractivity contribution in [1.82, 2.24) is 15.2 Å². The van der Waals surface area contributed by atoms with Crippen LogP contribution in [0, 0.1) is 0 Å². The van der Waals surface area contributed by atoms with Gasteiger partial charge in [-0.3, -0.25) is 5.10 Å². The first kappa shape index (κ1) is 8.05. The molecule has 0 aliphatic rings. The molecule has 15 heavy (non-hydrogen) atoms. The molecule has 0 radical (unpaired) electrons. The lowest BCUT2D eigenvalue weighted by Gasteiger charge is -1.98. The Morgan fingerprint density at radius 3 is 3.00 bits per heavy atom. The molecule has 0 amide bonds. The van der Waals surface area contributed by atoms with Gasteiger partial charge in [0.05, 0.1) is 10.9 Å². The van der Waals surface area contributed by atoms with Crippen molar-refractivity contribution >= 4 is 27.8 Å². The molecule has 0 aliphatic heterocycles. The van der Waals surface area contributed by atoms with E-state index in [9.17, 15) is 5.11 Å². The van der Waals surface area contributed by atoms with Crippen LogP contribution in [-0.2, 0) is 0 Å². The Bertz CT molecular complexity index is 659. The van der Waals surface area contributed by atoms with Crippen molar-refractivity contribution in [2.24, 2.45) is 0 Å². The van der Waals surface area contributed by atoms with Crippen LogP contribution in [0.1, 0.15) is 0 Å². The van der Waals surface area contributed by atoms with Crippen molar-refractivity contribution in [1.29, 1.82) is 0 Å². The minimum absolute atomic E-state index is 0.196. The van der Waals surface area contributed by atoms with Crippen molar-refractivity contribution in [3.63, 3.8) is 0 Å². The highest BCUT2D eigenvalue weighted by atomic mass is 16.3. The molecule has 3 aromatic rings. The summed E-state index contributed by atoms with van der Waals surface area (Å²) in [5.74, 6) is 0.634. The van der Waals surface area contributed by atoms with Crippen molar-refractivity contribution in [2.45, 2.75) is 0 Å². The van der Waals surface area contributed by atoms with E-state index in [1.807, 2.05) is 6.07 Å². The molecule has 5 heteroatoms. The first-order valence-electron chi connectivity index (χ1n) is 4.47. The van der Waals surface area contributed by atoms with E-state index in [2.05, 4.69) is 15.2 Å². The number of hydrogen-bond acceptors (Lipinski definition) is 4. The van der Waals surface area contributed by atoms with E-state index in [-0.39, 0.29) is 5.75 Å². The summed E-state index contributed by atoms with van der Waals surface area (Å²) in [4.78, 5) is 4.30. The number of aromatic amines is 1. The van der Waals surface area contributed by atoms with Gasteiger partial charge in [0.25, 0.3) is 0 Å². The number of pyridine rings is 1. The molecule has 0 unspecified atom stereocenters. The number of nitrogens with zero attached hydrogens (tertiary/aromatic N) is 2. The molecule has 0 aliphatic carbocycles. The van der Waals surface area contributed by atoms with Crippen LogP contribution in [0.4, 0.5) is 5.82 Å². The lowest BCUT2D eigenvalue weighted by molar-refractivity contribution is 0.476. The van der Waals surface area contributed by atoms with Gasteiger partial charge in [0.15, 0.2) is 11.5 Å². The van der Waals surface area contributed by atoms with Crippen LogP contribution in [0.2, 0.25) is 0 Å². The number of rotatable bonds is 0. The van der Waals surface area contributed by atoms with Crippen molar-refractivity contribution in [2.75, 3.05) is 5.73 Å². The molecular formula is C10H8N4O. The number of hydrogen-bond donors (Lipinski definition) is 3. The van der Waals surface area contributed by atoms with Crippen molar-refractivity contribution in [3.05, 3.63) is 24.3 Å². The third-order valence-corrected chi connectivity index (χ3v) is 2.36. The predicted molar refractivity (Wildman–Crippen MR) is 57.5 cm³/mol. The van der Waals surface area contributed by atoms with E-state index >= 15 is 0 Å². The number of nitrogen functional groups attached to an aromatic ring is 1. The van der Waals surface area contributed by atoms with Crippen molar-refractivity contribution in [3.8, 4) is 5.75 Å². The summed E-state index contributed by atoms with van der Waals surface area (Å²) in [6.07, 6.45) is 0. The minimum atomic E-state index is 0.196. The van der Waals surface area contributed by atoms with E-state index in [0.29, 0.717) is 17.0 Å². The highest BCUT2D eigenvalue weighted by molar-refractivity contribution is 5.96. The largest absolute Gasteiger partial charge is 0.508 e. The maximum atomic E-state index is 9.32. The summed E-state index contributed by atoms with van der Waals surface area (Å²) in [7, 11) is 0. The average molecular weight is 200 g/mol. The number of phenolic OH excluding ortho intramolecular Hbond substituents is 1. The van der Waals surface area contributed by atoms with E-state index in [4.69, 9.17) is 5.73 Å². The van der Waals surface area contributed by atoms with Crippen LogP contribution in [0.5, 0.6) is 5.75 Å². The lowest BCUT2D eigenvalue weighted by Crippen LogP contribution is -1.84. The molecular weight excluding hydrogens is 192 g/mol. The highest BCUT2D eigenvalue weighted by Gasteiger charge is 2.05. The zero-order valence-electron chi connectivity index (χ0n) is 7.73. The SMILES string of the molecule is Nc1n[nH]c2nc3cc(O)ccc3cc12. The maximum Gasteiger partial charge on any atom is 0.158 e. The summed E-state index contributed by atoms with van der Waals surface area (Å²) in [6, 6.07) is 6.91. The fourth-order valence-corrected chi connectivity index (χ4v) is 1.61. The Morgan fingerprint density at radius 1 is 1.27 bits per heavy atom. The number of aromatic nitrogens is 3. The fraction of sp³-hybridized carbons (Fsp3) is 0. The van der Waals surface area contributed by atoms with Gasteiger partial charge in [-0.05, 0) is 18.2 Å². The topological polar surface area (TPSA) is 87.8 Å². The van der Waals surface area contributed by atoms with Gasteiger partial charge in [0, 0.05) is 11.5 Å². The Hall–Kier alpha value is -2.30. The second-order valence-corrected chi connectivity index (χ2v) is 3.37. The second-order valence-electron chi connectivity index (χ2n) is 3.37. The number of aromatic hydroxyl groups is 1. The molecule has 0 atom stereocenters. The van der Waals surface area contributed by atoms with Gasteiger partial charge in [-0.15, -0.1) is 0 Å². The number of nitrogens with two attached hydrogens (primary N) is 1. The molecule has 5 nitrogen and oxygen atoms in total. The first-order valence-corrected chi connectivity index (χ1v) is 4.47. The maximum absolute atomic E-state index is 9.32. The van der Waals surface area contributed by atoms with Gasteiger partial charge in [-0.1, -0.05) is 0 Å². The first-order chi connectivity index (χ1) is 7.24. The standard InChI is InChI=1S/C10H8N4O/c11-9-7-3-5-1-2-6(15)4-8(5)12-10(7)14-13-9/h1-4,15H,(H3,11,12,13,14). The summed E-state index contributed by atoms with van der Waals surface area (Å²) in [6.45, 7) is 0. The monoisotopic (exact) mass is 200 g/mol. The Balaban J connectivity index is 2.49. The van der Waals surface area contributed by atoms with Gasteiger partial charge in [-0.2, -0.15) is 5.10 Å². The Kier molecular flexibility index (Phi) is 1.39. The van der Waals surface area contributed by atoms with Gasteiger partial charge >= 0.3 is 0 Å². The van der Waals surface area contributed by atoms with E-state index in [1.165, 1.54) is 0 Å². The normalized spacial score (nSPS) is 11.2. The molecule has 0 saturated carbocycles. The lowest BCUT2D eigenvalue weighted by atomic mass is 10.2. The molecule has 2 heterocycles. The number of H-pyrrole nitrogens is 1. The van der Waals surface area contributed by atoms with Crippen LogP contribution in [-0.4, -0.2) is 20.3 Å². The van der Waals surface area contributed by atoms with Crippen LogP contribution in [0.25, 0.3) is 21.9 Å². The fourth-order valence-electron chi connectivity index (χ4n) is 1.61. The molecule has 2 aromatic heterocycles. The predicted octanol–water partition coefficient (Wildman–Crippen LogP) is 1.40. The summed E-state index contributed by atoms with van der Waals surface area (Å²) in [5.41, 5.74) is 7.01. The van der Waals surface area contributed by atoms with Crippen molar-refractivity contribution < 1.29 is 5.11 Å². The van der Waals surface area contributed by atoms with E-state index in [1.54, 1.807) is 18.2 Å². The Morgan fingerprint density at radius 2 is 2.13 bits per heavy atom. The molecule has 4 N–H and O–H groups in total. The summed E-state index contributed by atoms with van der Waals surface area (Å²) >= 11 is 0. The van der Waals surface area contributed by atoms with Gasteiger partial charge in [0.1, 0.15) is 5.75 Å².